The van der Waals surface area contributed by atoms with Crippen molar-refractivity contribution in [2.24, 2.45) is 7.05 Å². The first kappa shape index (κ1) is 15.5. The molecule has 0 aliphatic heterocycles. The van der Waals surface area contributed by atoms with E-state index in [2.05, 4.69) is 15.1 Å². The summed E-state index contributed by atoms with van der Waals surface area (Å²) in [7, 11) is 1.83. The Kier molecular flexibility index (Phi) is 4.57. The summed E-state index contributed by atoms with van der Waals surface area (Å²) < 4.78 is 7.07. The lowest BCUT2D eigenvalue weighted by atomic mass is 10.1. The van der Waals surface area contributed by atoms with E-state index in [9.17, 15) is 4.79 Å². The van der Waals surface area contributed by atoms with Crippen LogP contribution in [0.25, 0.3) is 11.0 Å². The van der Waals surface area contributed by atoms with Crippen molar-refractivity contribution in [3.63, 3.8) is 0 Å². The standard InChI is InChI=1S/C16H16N4O2S/c1-3-22-12-6-4-11(5-7-12)14(21)9-23-16-13-8-19-20(2)15(13)17-10-18-16/h4-8,10H,3,9H2,1-2H3. The molecule has 0 fully saturated rings. The Hall–Kier alpha value is -2.41. The summed E-state index contributed by atoms with van der Waals surface area (Å²) in [6.45, 7) is 2.54. The number of aromatic nitrogens is 4. The number of fused-ring (bicyclic) bond motifs is 1. The zero-order valence-electron chi connectivity index (χ0n) is 12.9. The monoisotopic (exact) mass is 328 g/mol. The van der Waals surface area contributed by atoms with Gasteiger partial charge in [0.15, 0.2) is 11.4 Å². The third kappa shape index (κ3) is 3.34. The van der Waals surface area contributed by atoms with Crippen molar-refractivity contribution >= 4 is 28.6 Å². The predicted octanol–water partition coefficient (Wildman–Crippen LogP) is 2.74. The van der Waals surface area contributed by atoms with Crippen molar-refractivity contribution in [3.8, 4) is 5.75 Å². The van der Waals surface area contributed by atoms with E-state index >= 15 is 0 Å². The summed E-state index contributed by atoms with van der Waals surface area (Å²) in [6.07, 6.45) is 3.22. The minimum Gasteiger partial charge on any atom is -0.494 e. The fourth-order valence-electron chi connectivity index (χ4n) is 2.18. The van der Waals surface area contributed by atoms with E-state index in [1.165, 1.54) is 18.1 Å². The average molecular weight is 328 g/mol. The summed E-state index contributed by atoms with van der Waals surface area (Å²) in [6, 6.07) is 7.19. The molecular formula is C16H16N4O2S. The van der Waals surface area contributed by atoms with Gasteiger partial charge in [-0.25, -0.2) is 9.97 Å². The number of nitrogens with zero attached hydrogens (tertiary/aromatic N) is 4. The molecule has 0 saturated carbocycles. The quantitative estimate of drug-likeness (QED) is 0.394. The van der Waals surface area contributed by atoms with Crippen LogP contribution in [0.5, 0.6) is 5.75 Å². The molecule has 0 bridgehead atoms. The number of aryl methyl sites for hydroxylation is 1. The number of hydrogen-bond donors (Lipinski definition) is 0. The fourth-order valence-corrected chi connectivity index (χ4v) is 3.03. The maximum absolute atomic E-state index is 12.3. The molecule has 3 aromatic rings. The number of ether oxygens (including phenoxy) is 1. The summed E-state index contributed by atoms with van der Waals surface area (Å²) in [5.41, 5.74) is 1.42. The highest BCUT2D eigenvalue weighted by Gasteiger charge is 2.12. The number of ketones is 1. The minimum atomic E-state index is 0.0497. The lowest BCUT2D eigenvalue weighted by Gasteiger charge is -2.05. The van der Waals surface area contributed by atoms with Gasteiger partial charge in [0, 0.05) is 12.6 Å². The van der Waals surface area contributed by atoms with E-state index in [0.717, 1.165) is 21.8 Å². The van der Waals surface area contributed by atoms with Gasteiger partial charge in [-0.05, 0) is 31.2 Å². The van der Waals surface area contributed by atoms with Gasteiger partial charge in [-0.1, -0.05) is 11.8 Å². The number of rotatable bonds is 6. The summed E-state index contributed by atoms with van der Waals surface area (Å²) in [4.78, 5) is 20.7. The zero-order valence-corrected chi connectivity index (χ0v) is 13.7. The Bertz CT molecular complexity index is 830. The molecule has 0 unspecified atom stereocenters. The molecule has 2 heterocycles. The Morgan fingerprint density at radius 1 is 1.26 bits per heavy atom. The second-order valence-corrected chi connectivity index (χ2v) is 5.82. The van der Waals surface area contributed by atoms with Crippen LogP contribution in [0.15, 0.2) is 41.8 Å². The molecule has 0 aliphatic carbocycles. The zero-order chi connectivity index (χ0) is 16.2. The van der Waals surface area contributed by atoms with Gasteiger partial charge in [0.1, 0.15) is 17.1 Å². The van der Waals surface area contributed by atoms with Crippen LogP contribution in [0.1, 0.15) is 17.3 Å². The molecule has 0 amide bonds. The second-order valence-electron chi connectivity index (χ2n) is 4.85. The van der Waals surface area contributed by atoms with E-state index in [0.29, 0.717) is 17.9 Å². The first-order valence-corrected chi connectivity index (χ1v) is 8.19. The van der Waals surface area contributed by atoms with E-state index < -0.39 is 0 Å². The van der Waals surface area contributed by atoms with Crippen LogP contribution in [0.3, 0.4) is 0 Å². The van der Waals surface area contributed by atoms with Crippen molar-refractivity contribution in [2.75, 3.05) is 12.4 Å². The highest BCUT2D eigenvalue weighted by Crippen LogP contribution is 2.24. The molecule has 0 spiro atoms. The Morgan fingerprint density at radius 3 is 2.78 bits per heavy atom. The smallest absolute Gasteiger partial charge is 0.173 e. The Morgan fingerprint density at radius 2 is 2.04 bits per heavy atom. The van der Waals surface area contributed by atoms with Gasteiger partial charge < -0.3 is 4.74 Å². The van der Waals surface area contributed by atoms with Gasteiger partial charge in [0.25, 0.3) is 0 Å². The highest BCUT2D eigenvalue weighted by atomic mass is 32.2. The van der Waals surface area contributed by atoms with Crippen LogP contribution in [-0.2, 0) is 7.05 Å². The van der Waals surface area contributed by atoms with E-state index in [4.69, 9.17) is 4.74 Å². The van der Waals surface area contributed by atoms with Crippen LogP contribution < -0.4 is 4.74 Å². The van der Waals surface area contributed by atoms with Gasteiger partial charge in [-0.15, -0.1) is 0 Å². The summed E-state index contributed by atoms with van der Waals surface area (Å²) in [5, 5.41) is 5.80. The topological polar surface area (TPSA) is 69.9 Å². The molecule has 7 heteroatoms. The van der Waals surface area contributed by atoms with E-state index in [1.54, 1.807) is 23.0 Å². The number of thioether (sulfide) groups is 1. The van der Waals surface area contributed by atoms with Crippen molar-refractivity contribution in [3.05, 3.63) is 42.4 Å². The summed E-state index contributed by atoms with van der Waals surface area (Å²) >= 11 is 1.40. The van der Waals surface area contributed by atoms with Crippen molar-refractivity contribution in [1.29, 1.82) is 0 Å². The molecule has 2 aromatic heterocycles. The number of Topliss-reactive ketones (excluding diaryl/α,β-unsaturated/α-hetero) is 1. The maximum atomic E-state index is 12.3. The van der Waals surface area contributed by atoms with Gasteiger partial charge >= 0.3 is 0 Å². The van der Waals surface area contributed by atoms with Crippen molar-refractivity contribution in [1.82, 2.24) is 19.7 Å². The number of hydrogen-bond acceptors (Lipinski definition) is 6. The van der Waals surface area contributed by atoms with Gasteiger partial charge in [0.05, 0.1) is 23.9 Å². The molecule has 23 heavy (non-hydrogen) atoms. The molecule has 118 valence electrons. The lowest BCUT2D eigenvalue weighted by Crippen LogP contribution is -2.03. The molecule has 3 rings (SSSR count). The number of benzene rings is 1. The molecule has 6 nitrogen and oxygen atoms in total. The predicted molar refractivity (Wildman–Crippen MR) is 89.0 cm³/mol. The first-order valence-electron chi connectivity index (χ1n) is 7.20. The highest BCUT2D eigenvalue weighted by molar-refractivity contribution is 8.00. The Balaban J connectivity index is 1.70. The molecule has 0 N–H and O–H groups in total. The molecule has 0 atom stereocenters. The van der Waals surface area contributed by atoms with Crippen LogP contribution in [0, 0.1) is 0 Å². The fraction of sp³-hybridized carbons (Fsp3) is 0.250. The number of carbonyl (C=O) groups excluding carboxylic acids is 1. The average Bonchev–Trinajstić information content (AvgIpc) is 2.96. The second kappa shape index (κ2) is 6.78. The molecule has 0 aliphatic rings. The van der Waals surface area contributed by atoms with Crippen molar-refractivity contribution < 1.29 is 9.53 Å². The molecular weight excluding hydrogens is 312 g/mol. The van der Waals surface area contributed by atoms with Gasteiger partial charge in [-0.2, -0.15) is 5.10 Å². The van der Waals surface area contributed by atoms with E-state index in [-0.39, 0.29) is 5.78 Å². The molecule has 0 radical (unpaired) electrons. The van der Waals surface area contributed by atoms with Gasteiger partial charge in [0.2, 0.25) is 0 Å². The van der Waals surface area contributed by atoms with Crippen LogP contribution in [-0.4, -0.2) is 37.9 Å². The number of carbonyl (C=O) groups is 1. The lowest BCUT2D eigenvalue weighted by molar-refractivity contribution is 0.102. The van der Waals surface area contributed by atoms with Crippen LogP contribution >= 0.6 is 11.8 Å². The Labute approximate surface area is 137 Å². The first-order chi connectivity index (χ1) is 11.2. The SMILES string of the molecule is CCOc1ccc(C(=O)CSc2ncnc3c2cnn3C)cc1. The normalized spacial score (nSPS) is 10.9. The van der Waals surface area contributed by atoms with Gasteiger partial charge in [-0.3, -0.25) is 9.48 Å². The third-order valence-corrected chi connectivity index (χ3v) is 4.33. The summed E-state index contributed by atoms with van der Waals surface area (Å²) in [5.74, 6) is 1.13. The minimum absolute atomic E-state index is 0.0497. The molecule has 0 saturated heterocycles. The third-order valence-electron chi connectivity index (χ3n) is 3.32. The molecule has 1 aromatic carbocycles. The maximum Gasteiger partial charge on any atom is 0.173 e. The van der Waals surface area contributed by atoms with E-state index in [1.807, 2.05) is 26.1 Å². The van der Waals surface area contributed by atoms with Crippen LogP contribution in [0.2, 0.25) is 0 Å². The largest absolute Gasteiger partial charge is 0.494 e. The van der Waals surface area contributed by atoms with Crippen LogP contribution in [0.4, 0.5) is 0 Å². The van der Waals surface area contributed by atoms with Crippen molar-refractivity contribution in [2.45, 2.75) is 11.9 Å².